The molecule has 3 heteroatoms. The highest BCUT2D eigenvalue weighted by Gasteiger charge is 2.38. The zero-order chi connectivity index (χ0) is 12.4. The summed E-state index contributed by atoms with van der Waals surface area (Å²) in [6.07, 6.45) is 7.34. The third-order valence-corrected chi connectivity index (χ3v) is 4.79. The first kappa shape index (κ1) is 13.3. The van der Waals surface area contributed by atoms with Gasteiger partial charge >= 0.3 is 0 Å². The van der Waals surface area contributed by atoms with E-state index < -0.39 is 0 Å². The lowest BCUT2D eigenvalue weighted by Crippen LogP contribution is -2.51. The molecule has 17 heavy (non-hydrogen) atoms. The minimum absolute atomic E-state index is 0.0213. The first-order valence-corrected chi connectivity index (χ1v) is 7.00. The summed E-state index contributed by atoms with van der Waals surface area (Å²) in [6, 6.07) is 0. The fourth-order valence-electron chi connectivity index (χ4n) is 3.57. The molecule has 1 saturated heterocycles. The van der Waals surface area contributed by atoms with E-state index >= 15 is 0 Å². The predicted octanol–water partition coefficient (Wildman–Crippen LogP) is 2.04. The lowest BCUT2D eigenvalue weighted by atomic mass is 9.85. The molecule has 0 aromatic heterocycles. The number of aliphatic hydroxyl groups excluding tert-OH is 1. The van der Waals surface area contributed by atoms with Crippen LogP contribution in [0.2, 0.25) is 0 Å². The van der Waals surface area contributed by atoms with Crippen LogP contribution in [0.1, 0.15) is 45.4 Å². The largest absolute Gasteiger partial charge is 0.396 e. The van der Waals surface area contributed by atoms with Crippen molar-refractivity contribution in [2.24, 2.45) is 5.41 Å². The van der Waals surface area contributed by atoms with Crippen molar-refractivity contribution in [1.82, 2.24) is 4.90 Å². The molecule has 100 valence electrons. The zero-order valence-electron chi connectivity index (χ0n) is 11.4. The van der Waals surface area contributed by atoms with Crippen molar-refractivity contribution in [3.05, 3.63) is 0 Å². The van der Waals surface area contributed by atoms with Gasteiger partial charge in [-0.2, -0.15) is 0 Å². The van der Waals surface area contributed by atoms with E-state index in [9.17, 15) is 5.11 Å². The van der Waals surface area contributed by atoms with Gasteiger partial charge < -0.3 is 9.84 Å². The highest BCUT2D eigenvalue weighted by molar-refractivity contribution is 4.91. The van der Waals surface area contributed by atoms with Gasteiger partial charge in [0.25, 0.3) is 0 Å². The molecule has 2 rings (SSSR count). The number of nitrogens with zero attached hydrogens (tertiary/aromatic N) is 1. The molecule has 1 aliphatic carbocycles. The van der Waals surface area contributed by atoms with Crippen LogP contribution in [0.3, 0.4) is 0 Å². The van der Waals surface area contributed by atoms with E-state index in [1.165, 1.54) is 38.6 Å². The Kier molecular flexibility index (Phi) is 4.11. The number of aliphatic hydroxyl groups is 1. The molecule has 1 atom stereocenters. The predicted molar refractivity (Wildman–Crippen MR) is 69.1 cm³/mol. The van der Waals surface area contributed by atoms with E-state index in [0.29, 0.717) is 6.61 Å². The number of hydrogen-bond donors (Lipinski definition) is 1. The lowest BCUT2D eigenvalue weighted by Gasteiger charge is -2.43. The van der Waals surface area contributed by atoms with Gasteiger partial charge in [0.05, 0.1) is 5.60 Å². The third-order valence-electron chi connectivity index (χ3n) is 4.79. The molecule has 1 saturated carbocycles. The molecular weight excluding hydrogens is 214 g/mol. The van der Waals surface area contributed by atoms with Gasteiger partial charge in [0.1, 0.15) is 0 Å². The second-order valence-electron chi connectivity index (χ2n) is 6.33. The summed E-state index contributed by atoms with van der Waals surface area (Å²) < 4.78 is 5.64. The van der Waals surface area contributed by atoms with E-state index in [-0.39, 0.29) is 11.0 Å². The Hall–Kier alpha value is -0.120. The summed E-state index contributed by atoms with van der Waals surface area (Å²) >= 11 is 0. The topological polar surface area (TPSA) is 32.7 Å². The molecule has 2 aliphatic rings. The highest BCUT2D eigenvalue weighted by atomic mass is 16.5. The Morgan fingerprint density at radius 1 is 1.18 bits per heavy atom. The van der Waals surface area contributed by atoms with Crippen molar-refractivity contribution in [3.63, 3.8) is 0 Å². The maximum Gasteiger partial charge on any atom is 0.0777 e. The van der Waals surface area contributed by atoms with Crippen molar-refractivity contribution in [1.29, 1.82) is 0 Å². The van der Waals surface area contributed by atoms with Crippen LogP contribution in [0.5, 0.6) is 0 Å². The summed E-state index contributed by atoms with van der Waals surface area (Å²) in [5.41, 5.74) is 0.208. The minimum atomic E-state index is 0.0213. The average molecular weight is 241 g/mol. The molecule has 2 fully saturated rings. The van der Waals surface area contributed by atoms with Gasteiger partial charge in [-0.15, -0.1) is 0 Å². The highest BCUT2D eigenvalue weighted by Crippen LogP contribution is 2.39. The van der Waals surface area contributed by atoms with E-state index in [1.807, 2.05) is 7.11 Å². The second-order valence-corrected chi connectivity index (χ2v) is 6.33. The summed E-state index contributed by atoms with van der Waals surface area (Å²) in [4.78, 5) is 2.51. The summed E-state index contributed by atoms with van der Waals surface area (Å²) in [5.74, 6) is 0. The van der Waals surface area contributed by atoms with Crippen LogP contribution in [-0.2, 0) is 4.74 Å². The van der Waals surface area contributed by atoms with Crippen molar-refractivity contribution >= 4 is 0 Å². The number of ether oxygens (including phenoxy) is 1. The van der Waals surface area contributed by atoms with Crippen LogP contribution >= 0.6 is 0 Å². The number of piperidine rings is 1. The van der Waals surface area contributed by atoms with Crippen molar-refractivity contribution in [2.45, 2.75) is 51.0 Å². The molecule has 0 radical (unpaired) electrons. The molecule has 0 amide bonds. The Morgan fingerprint density at radius 2 is 1.88 bits per heavy atom. The molecule has 0 bridgehead atoms. The van der Waals surface area contributed by atoms with Crippen molar-refractivity contribution in [2.75, 3.05) is 33.4 Å². The molecule has 1 unspecified atom stereocenters. The Labute approximate surface area is 105 Å². The standard InChI is InChI=1S/C14H27NO2/c1-13(17-2)6-5-9-15(10-13)11-14(12-16)7-3-4-8-14/h16H,3-12H2,1-2H3. The molecule has 0 aromatic carbocycles. The fraction of sp³-hybridized carbons (Fsp3) is 1.00. The van der Waals surface area contributed by atoms with Crippen LogP contribution in [-0.4, -0.2) is 49.0 Å². The molecule has 0 spiro atoms. The summed E-state index contributed by atoms with van der Waals surface area (Å²) in [6.45, 7) is 5.81. The van der Waals surface area contributed by atoms with E-state index in [2.05, 4.69) is 11.8 Å². The fourth-order valence-corrected chi connectivity index (χ4v) is 3.57. The van der Waals surface area contributed by atoms with Crippen LogP contribution in [0.4, 0.5) is 0 Å². The van der Waals surface area contributed by atoms with Gasteiger partial charge in [0.15, 0.2) is 0 Å². The van der Waals surface area contributed by atoms with Gasteiger partial charge in [-0.1, -0.05) is 12.8 Å². The molecule has 1 aliphatic heterocycles. The van der Waals surface area contributed by atoms with Gasteiger partial charge in [-0.25, -0.2) is 0 Å². The van der Waals surface area contributed by atoms with E-state index in [4.69, 9.17) is 4.74 Å². The summed E-state index contributed by atoms with van der Waals surface area (Å²) in [7, 11) is 1.82. The maximum atomic E-state index is 9.68. The normalized spacial score (nSPS) is 34.1. The number of rotatable bonds is 4. The minimum Gasteiger partial charge on any atom is -0.396 e. The molecular formula is C14H27NO2. The quantitative estimate of drug-likeness (QED) is 0.817. The number of likely N-dealkylation sites (tertiary alicyclic amines) is 1. The molecule has 1 N–H and O–H groups in total. The lowest BCUT2D eigenvalue weighted by molar-refractivity contribution is -0.0629. The van der Waals surface area contributed by atoms with Gasteiger partial charge in [0.2, 0.25) is 0 Å². The first-order valence-electron chi connectivity index (χ1n) is 7.00. The zero-order valence-corrected chi connectivity index (χ0v) is 11.4. The molecule has 0 aromatic rings. The van der Waals surface area contributed by atoms with Gasteiger partial charge in [0, 0.05) is 32.2 Å². The van der Waals surface area contributed by atoms with Crippen LogP contribution < -0.4 is 0 Å². The smallest absolute Gasteiger partial charge is 0.0777 e. The Morgan fingerprint density at radius 3 is 2.47 bits per heavy atom. The Bertz CT molecular complexity index is 251. The van der Waals surface area contributed by atoms with Gasteiger partial charge in [-0.05, 0) is 39.2 Å². The first-order chi connectivity index (χ1) is 8.11. The molecule has 3 nitrogen and oxygen atoms in total. The van der Waals surface area contributed by atoms with E-state index in [1.54, 1.807) is 0 Å². The van der Waals surface area contributed by atoms with Crippen molar-refractivity contribution < 1.29 is 9.84 Å². The van der Waals surface area contributed by atoms with Crippen LogP contribution in [0.25, 0.3) is 0 Å². The SMILES string of the molecule is COC1(C)CCCN(CC2(CO)CCCC2)C1. The monoisotopic (exact) mass is 241 g/mol. The van der Waals surface area contributed by atoms with Crippen molar-refractivity contribution in [3.8, 4) is 0 Å². The van der Waals surface area contributed by atoms with E-state index in [0.717, 1.165) is 19.5 Å². The van der Waals surface area contributed by atoms with Gasteiger partial charge in [-0.3, -0.25) is 4.90 Å². The summed E-state index contributed by atoms with van der Waals surface area (Å²) in [5, 5.41) is 9.68. The Balaban J connectivity index is 1.94. The average Bonchev–Trinajstić information content (AvgIpc) is 2.78. The van der Waals surface area contributed by atoms with Crippen LogP contribution in [0, 0.1) is 5.41 Å². The molecule has 1 heterocycles. The second kappa shape index (κ2) is 5.25. The number of methoxy groups -OCH3 is 1. The maximum absolute atomic E-state index is 9.68. The van der Waals surface area contributed by atoms with Crippen LogP contribution in [0.15, 0.2) is 0 Å². The number of hydrogen-bond acceptors (Lipinski definition) is 3. The third kappa shape index (κ3) is 3.01.